The van der Waals surface area contributed by atoms with Crippen molar-refractivity contribution in [2.24, 2.45) is 0 Å². The molecular weight excluding hydrogens is 412 g/mol. The van der Waals surface area contributed by atoms with Crippen LogP contribution < -0.4 is 4.72 Å². The van der Waals surface area contributed by atoms with Crippen LogP contribution in [0.1, 0.15) is 23.2 Å². The van der Waals surface area contributed by atoms with E-state index in [4.69, 9.17) is 16.3 Å². The molecule has 0 unspecified atom stereocenters. The third kappa shape index (κ3) is 4.79. The average molecular weight is 429 g/mol. The number of nitrogens with zero attached hydrogens (tertiary/aromatic N) is 1. The largest absolute Gasteiger partial charge is 0.452 e. The van der Waals surface area contributed by atoms with Crippen LogP contribution in [0.5, 0.6) is 0 Å². The van der Waals surface area contributed by atoms with Gasteiger partial charge in [0.2, 0.25) is 0 Å². The number of amides is 1. The predicted octanol–water partition coefficient (Wildman–Crippen LogP) is 2.98. The lowest BCUT2D eigenvalue weighted by atomic mass is 10.2. The molecule has 0 spiro atoms. The van der Waals surface area contributed by atoms with Crippen LogP contribution in [0.2, 0.25) is 4.34 Å². The van der Waals surface area contributed by atoms with Gasteiger partial charge < -0.3 is 9.64 Å². The van der Waals surface area contributed by atoms with E-state index in [2.05, 4.69) is 4.72 Å². The van der Waals surface area contributed by atoms with E-state index in [0.717, 1.165) is 24.2 Å². The van der Waals surface area contributed by atoms with E-state index >= 15 is 0 Å². The number of rotatable bonds is 6. The van der Waals surface area contributed by atoms with E-state index in [1.54, 1.807) is 17.0 Å². The summed E-state index contributed by atoms with van der Waals surface area (Å²) >= 11 is 6.70. The highest BCUT2D eigenvalue weighted by Gasteiger charge is 2.23. The van der Waals surface area contributed by atoms with Crippen LogP contribution in [0.15, 0.2) is 40.6 Å². The minimum Gasteiger partial charge on any atom is -0.452 e. The predicted molar refractivity (Wildman–Crippen MR) is 103 cm³/mol. The second kappa shape index (κ2) is 8.28. The fraction of sp³-hybridized carbons (Fsp3) is 0.294. The fourth-order valence-corrected chi connectivity index (χ4v) is 5.21. The summed E-state index contributed by atoms with van der Waals surface area (Å²) < 4.78 is 32.7. The molecule has 1 aliphatic heterocycles. The van der Waals surface area contributed by atoms with Gasteiger partial charge in [0.05, 0.1) is 15.6 Å². The van der Waals surface area contributed by atoms with Crippen molar-refractivity contribution < 1.29 is 22.7 Å². The van der Waals surface area contributed by atoms with Crippen molar-refractivity contribution in [3.8, 4) is 0 Å². The zero-order valence-electron chi connectivity index (χ0n) is 14.2. The van der Waals surface area contributed by atoms with Crippen LogP contribution >= 0.6 is 22.9 Å². The Kier molecular flexibility index (Phi) is 6.03. The molecular formula is C17H17ClN2O5S2. The Morgan fingerprint density at radius 2 is 1.85 bits per heavy atom. The molecule has 0 saturated carbocycles. The number of sulfonamides is 1. The highest BCUT2D eigenvalue weighted by molar-refractivity contribution is 7.94. The first-order valence-electron chi connectivity index (χ1n) is 8.19. The van der Waals surface area contributed by atoms with Crippen molar-refractivity contribution >= 4 is 50.5 Å². The Bertz CT molecular complexity index is 952. The number of hydrogen-bond donors (Lipinski definition) is 1. The van der Waals surface area contributed by atoms with Gasteiger partial charge in [-0.1, -0.05) is 23.7 Å². The molecule has 10 heteroatoms. The summed E-state index contributed by atoms with van der Waals surface area (Å²) in [5.41, 5.74) is 0.0959. The molecule has 1 fully saturated rings. The minimum atomic E-state index is -3.89. The van der Waals surface area contributed by atoms with Crippen LogP contribution in [0.25, 0.3) is 0 Å². The van der Waals surface area contributed by atoms with Gasteiger partial charge in [-0.15, -0.1) is 11.3 Å². The number of esters is 1. The molecule has 0 atom stereocenters. The summed E-state index contributed by atoms with van der Waals surface area (Å²) in [5.74, 6) is -1.03. The maximum atomic E-state index is 12.5. The van der Waals surface area contributed by atoms with Crippen molar-refractivity contribution in [3.05, 3.63) is 46.3 Å². The zero-order valence-corrected chi connectivity index (χ0v) is 16.6. The Labute approximate surface area is 165 Å². The monoisotopic (exact) mass is 428 g/mol. The van der Waals surface area contributed by atoms with Gasteiger partial charge in [0.1, 0.15) is 4.21 Å². The Balaban J connectivity index is 1.71. The molecule has 1 aromatic heterocycles. The fourth-order valence-electron chi connectivity index (χ4n) is 2.65. The van der Waals surface area contributed by atoms with Crippen LogP contribution in [0.4, 0.5) is 5.69 Å². The second-order valence-electron chi connectivity index (χ2n) is 5.87. The standard InChI is InChI=1S/C17H17ClN2O5S2/c18-14-7-8-16(26-14)27(23,24)19-13-6-2-1-5-12(13)17(22)25-11-15(21)20-9-3-4-10-20/h1-2,5-8,19H,3-4,9-11H2. The molecule has 1 saturated heterocycles. The maximum Gasteiger partial charge on any atom is 0.340 e. The number of halogens is 1. The van der Waals surface area contributed by atoms with E-state index in [1.807, 2.05) is 0 Å². The lowest BCUT2D eigenvalue weighted by Crippen LogP contribution is -2.32. The van der Waals surface area contributed by atoms with Gasteiger partial charge in [-0.3, -0.25) is 9.52 Å². The number of ether oxygens (including phenoxy) is 1. The number of hydrogen-bond acceptors (Lipinski definition) is 6. The van der Waals surface area contributed by atoms with Crippen LogP contribution in [-0.4, -0.2) is 44.9 Å². The first-order chi connectivity index (χ1) is 12.9. The SMILES string of the molecule is O=C(OCC(=O)N1CCCC1)c1ccccc1NS(=O)(=O)c1ccc(Cl)s1. The lowest BCUT2D eigenvalue weighted by molar-refractivity contribution is -0.133. The van der Waals surface area contributed by atoms with Gasteiger partial charge in [0.25, 0.3) is 15.9 Å². The molecule has 1 aromatic carbocycles. The first-order valence-corrected chi connectivity index (χ1v) is 10.9. The topological polar surface area (TPSA) is 92.8 Å². The van der Waals surface area contributed by atoms with Crippen LogP contribution in [-0.2, 0) is 19.6 Å². The third-order valence-electron chi connectivity index (χ3n) is 3.99. The molecule has 0 bridgehead atoms. The Hall–Kier alpha value is -2.10. The van der Waals surface area contributed by atoms with E-state index in [0.29, 0.717) is 17.4 Å². The molecule has 1 N–H and O–H groups in total. The Morgan fingerprint density at radius 3 is 2.52 bits per heavy atom. The molecule has 2 heterocycles. The van der Waals surface area contributed by atoms with E-state index < -0.39 is 16.0 Å². The van der Waals surface area contributed by atoms with E-state index in [9.17, 15) is 18.0 Å². The van der Waals surface area contributed by atoms with Gasteiger partial charge in [-0.2, -0.15) is 0 Å². The summed E-state index contributed by atoms with van der Waals surface area (Å²) in [7, 11) is -3.89. The molecule has 7 nitrogen and oxygen atoms in total. The number of nitrogens with one attached hydrogen (secondary N) is 1. The molecule has 27 heavy (non-hydrogen) atoms. The third-order valence-corrected chi connectivity index (χ3v) is 7.08. The smallest absolute Gasteiger partial charge is 0.340 e. The van der Waals surface area contributed by atoms with Gasteiger partial charge in [-0.25, -0.2) is 13.2 Å². The number of carbonyl (C=O) groups excluding carboxylic acids is 2. The van der Waals surface area contributed by atoms with Crippen molar-refractivity contribution in [2.75, 3.05) is 24.4 Å². The number of benzene rings is 1. The summed E-state index contributed by atoms with van der Waals surface area (Å²) in [6.07, 6.45) is 1.88. The molecule has 0 aliphatic carbocycles. The van der Waals surface area contributed by atoms with E-state index in [1.165, 1.54) is 24.3 Å². The van der Waals surface area contributed by atoms with Gasteiger partial charge >= 0.3 is 5.97 Å². The zero-order chi connectivity index (χ0) is 19.4. The minimum absolute atomic E-state index is 0.0259. The van der Waals surface area contributed by atoms with Crippen LogP contribution in [0, 0.1) is 0 Å². The number of carbonyl (C=O) groups is 2. The quantitative estimate of drug-likeness (QED) is 0.714. The molecule has 0 radical (unpaired) electrons. The number of anilines is 1. The Morgan fingerprint density at radius 1 is 1.15 bits per heavy atom. The van der Waals surface area contributed by atoms with E-state index in [-0.39, 0.29) is 28.0 Å². The molecule has 3 rings (SSSR count). The summed E-state index contributed by atoms with van der Waals surface area (Å²) in [6, 6.07) is 8.91. The average Bonchev–Trinajstić information content (AvgIpc) is 3.31. The van der Waals surface area contributed by atoms with Crippen molar-refractivity contribution in [2.45, 2.75) is 17.1 Å². The number of thiophene rings is 1. The van der Waals surface area contributed by atoms with Crippen LogP contribution in [0.3, 0.4) is 0 Å². The normalized spacial score (nSPS) is 14.2. The summed E-state index contributed by atoms with van der Waals surface area (Å²) in [4.78, 5) is 26.0. The molecule has 2 aromatic rings. The summed E-state index contributed by atoms with van der Waals surface area (Å²) in [5, 5.41) is 0. The lowest BCUT2D eigenvalue weighted by Gasteiger charge is -2.15. The number of para-hydroxylation sites is 1. The second-order valence-corrected chi connectivity index (χ2v) is 9.50. The highest BCUT2D eigenvalue weighted by Crippen LogP contribution is 2.28. The number of likely N-dealkylation sites (tertiary alicyclic amines) is 1. The molecule has 144 valence electrons. The molecule has 1 aliphatic rings. The first kappa shape index (κ1) is 19.7. The van der Waals surface area contributed by atoms with Gasteiger partial charge in [0.15, 0.2) is 6.61 Å². The van der Waals surface area contributed by atoms with Crippen molar-refractivity contribution in [3.63, 3.8) is 0 Å². The summed E-state index contributed by atoms with van der Waals surface area (Å²) in [6.45, 7) is 0.951. The van der Waals surface area contributed by atoms with Gasteiger partial charge in [-0.05, 0) is 37.1 Å². The van der Waals surface area contributed by atoms with Crippen molar-refractivity contribution in [1.82, 2.24) is 4.90 Å². The van der Waals surface area contributed by atoms with Gasteiger partial charge in [0, 0.05) is 13.1 Å². The maximum absolute atomic E-state index is 12.5. The van der Waals surface area contributed by atoms with Crippen molar-refractivity contribution in [1.29, 1.82) is 0 Å². The highest BCUT2D eigenvalue weighted by atomic mass is 35.5. The molecule has 1 amide bonds.